The monoisotopic (exact) mass is 953 g/mol. The van der Waals surface area contributed by atoms with Gasteiger partial charge in [-0.1, -0.05) is 157 Å². The van der Waals surface area contributed by atoms with Crippen molar-refractivity contribution < 1.29 is 40.8 Å². The van der Waals surface area contributed by atoms with Crippen LogP contribution in [0.3, 0.4) is 0 Å². The van der Waals surface area contributed by atoms with Crippen LogP contribution in [0.1, 0.15) is 37.1 Å². The normalized spacial score (nSPS) is 14.4. The van der Waals surface area contributed by atoms with Gasteiger partial charge in [0.15, 0.2) is 12.6 Å². The largest absolute Gasteiger partial charge is 2.00 e. The summed E-state index contributed by atoms with van der Waals surface area (Å²) in [6.07, 6.45) is -1.99. The molecule has 0 spiro atoms. The molecule has 0 radical (unpaired) electrons. The minimum absolute atomic E-state index is 0. The Morgan fingerprint density at radius 2 is 0.636 bits per heavy atom. The van der Waals surface area contributed by atoms with Crippen molar-refractivity contribution in [1.29, 1.82) is 0 Å². The second kappa shape index (κ2) is 23.6. The number of hydrogen-bond acceptors (Lipinski definition) is 4. The number of benzene rings is 6. The Hall–Kier alpha value is -3.37. The van der Waals surface area contributed by atoms with Gasteiger partial charge in [0.25, 0.3) is 0 Å². The maximum Gasteiger partial charge on any atom is 2.00 e. The van der Waals surface area contributed by atoms with Gasteiger partial charge >= 0.3 is 21.1 Å². The van der Waals surface area contributed by atoms with E-state index in [9.17, 15) is 10.2 Å². The first-order chi connectivity index (χ1) is 26.4. The van der Waals surface area contributed by atoms with Crippen LogP contribution in [-0.4, -0.2) is 47.3 Å². The first-order valence-electron chi connectivity index (χ1n) is 18.5. The second-order valence-corrected chi connectivity index (χ2v) is 18.1. The van der Waals surface area contributed by atoms with Gasteiger partial charge in [0.1, 0.15) is 11.3 Å². The van der Waals surface area contributed by atoms with Crippen molar-refractivity contribution in [1.82, 2.24) is 0 Å². The number of aliphatic hydroxyl groups is 2. The summed E-state index contributed by atoms with van der Waals surface area (Å²) in [6.45, 7) is 4.58. The summed E-state index contributed by atoms with van der Waals surface area (Å²) in [5.41, 5.74) is 19.1. The van der Waals surface area contributed by atoms with Gasteiger partial charge in [-0.25, -0.2) is 0 Å². The molecule has 4 N–H and O–H groups in total. The molecule has 0 fully saturated rings. The molecule has 6 aromatic carbocycles. The van der Waals surface area contributed by atoms with E-state index in [1.165, 1.54) is 21.2 Å². The SMILES string of the molecule is CCOC(O)C(C([NH-])c1ccccc1)[PH+](c1ccccc1)c1ccccc1.CCOC(O)C(C([NH-])c1ccccc1)[PH+](c1ccccc1)c1ccccc1.[Pt+2]. The molecule has 288 valence electrons. The molecule has 55 heavy (non-hydrogen) atoms. The van der Waals surface area contributed by atoms with Crippen LogP contribution in [0.25, 0.3) is 11.5 Å². The summed E-state index contributed by atoms with van der Waals surface area (Å²) in [6, 6.07) is 59.3. The zero-order valence-corrected chi connectivity index (χ0v) is 35.5. The van der Waals surface area contributed by atoms with Crippen LogP contribution < -0.4 is 21.2 Å². The van der Waals surface area contributed by atoms with Gasteiger partial charge in [-0.2, -0.15) is 0 Å². The molecule has 6 unspecified atom stereocenters. The number of nitrogens with one attached hydrogen (secondary N) is 2. The van der Waals surface area contributed by atoms with E-state index in [4.69, 9.17) is 20.9 Å². The Balaban J connectivity index is 0.000000240. The number of ether oxygens (including phenoxy) is 2. The fourth-order valence-electron chi connectivity index (χ4n) is 6.81. The Morgan fingerprint density at radius 3 is 0.855 bits per heavy atom. The molecule has 6 nitrogen and oxygen atoms in total. The van der Waals surface area contributed by atoms with Gasteiger partial charge in [0.05, 0.1) is 37.1 Å². The van der Waals surface area contributed by atoms with Crippen molar-refractivity contribution >= 4 is 37.1 Å². The van der Waals surface area contributed by atoms with Gasteiger partial charge in [0, 0.05) is 13.2 Å². The molecule has 0 saturated carbocycles. The molecule has 0 heterocycles. The molecule has 0 saturated heterocycles. The van der Waals surface area contributed by atoms with E-state index in [1.54, 1.807) is 0 Å². The van der Waals surface area contributed by atoms with Crippen molar-refractivity contribution in [3.63, 3.8) is 0 Å². The van der Waals surface area contributed by atoms with Gasteiger partial charge < -0.3 is 31.2 Å². The van der Waals surface area contributed by atoms with Gasteiger partial charge in [-0.05, 0) is 62.4 Å². The van der Waals surface area contributed by atoms with Gasteiger partial charge in [-0.3, -0.25) is 0 Å². The van der Waals surface area contributed by atoms with Crippen molar-refractivity contribution in [2.24, 2.45) is 0 Å². The molecule has 0 amide bonds. The fraction of sp³-hybridized carbons (Fsp3) is 0.217. The maximum atomic E-state index is 10.9. The zero-order valence-electron chi connectivity index (χ0n) is 31.2. The van der Waals surface area contributed by atoms with Crippen LogP contribution in [0.15, 0.2) is 182 Å². The van der Waals surface area contributed by atoms with E-state index < -0.39 is 40.5 Å². The molecule has 6 aromatic rings. The van der Waals surface area contributed by atoms with Crippen LogP contribution in [0.4, 0.5) is 0 Å². The predicted molar refractivity (Wildman–Crippen MR) is 231 cm³/mol. The van der Waals surface area contributed by atoms with Crippen LogP contribution in [0, 0.1) is 0 Å². The molecular formula is C46H52N2O4P2Pt+2. The van der Waals surface area contributed by atoms with Crippen LogP contribution in [-0.2, 0) is 30.5 Å². The Kier molecular flexibility index (Phi) is 19.1. The Morgan fingerprint density at radius 1 is 0.418 bits per heavy atom. The summed E-state index contributed by atoms with van der Waals surface area (Å²) >= 11 is 0. The molecule has 0 aromatic heterocycles. The van der Waals surface area contributed by atoms with Crippen LogP contribution >= 0.6 is 15.8 Å². The number of aliphatic hydroxyl groups excluding tert-OH is 2. The van der Waals surface area contributed by atoms with Crippen molar-refractivity contribution in [3.05, 3.63) is 205 Å². The summed E-state index contributed by atoms with van der Waals surface area (Å²) < 4.78 is 11.3. The van der Waals surface area contributed by atoms with Crippen molar-refractivity contribution in [3.8, 4) is 0 Å². The van der Waals surface area contributed by atoms with Crippen molar-refractivity contribution in [2.75, 3.05) is 13.2 Å². The van der Waals surface area contributed by atoms with E-state index in [-0.39, 0.29) is 32.4 Å². The van der Waals surface area contributed by atoms with Crippen molar-refractivity contribution in [2.45, 2.75) is 49.8 Å². The molecular weight excluding hydrogens is 902 g/mol. The van der Waals surface area contributed by atoms with E-state index >= 15 is 0 Å². The molecule has 9 heteroatoms. The first kappa shape index (κ1) is 44.3. The fourth-order valence-corrected chi connectivity index (χ4v) is 13.0. The summed E-state index contributed by atoms with van der Waals surface area (Å²) in [5.74, 6) is 0. The van der Waals surface area contributed by atoms with Crippen LogP contribution in [0.5, 0.6) is 0 Å². The molecule has 0 bridgehead atoms. The standard InChI is InChI=1S/2C23H25NO2P.Pt/c2*1-2-26-23(25)22(21(24)18-12-6-3-7-13-18)27(19-14-8-4-9-15-19)20-16-10-5-11-17-20;/h2*3-17,21-25H,2H2,1H3;/q2*-1;+2/p+2. The third-order valence-electron chi connectivity index (χ3n) is 9.33. The van der Waals surface area contributed by atoms with Crippen LogP contribution in [0.2, 0.25) is 0 Å². The average Bonchev–Trinajstić information content (AvgIpc) is 3.23. The Bertz CT molecular complexity index is 1670. The molecule has 0 aliphatic carbocycles. The van der Waals surface area contributed by atoms with E-state index in [0.717, 1.165) is 11.1 Å². The number of hydrogen-bond donors (Lipinski definition) is 2. The minimum atomic E-state index is -1.47. The number of rotatable bonds is 16. The summed E-state index contributed by atoms with van der Waals surface area (Å²) in [7, 11) is -2.94. The average molecular weight is 954 g/mol. The van der Waals surface area contributed by atoms with E-state index in [1.807, 2.05) is 147 Å². The smallest absolute Gasteiger partial charge is 0.667 e. The van der Waals surface area contributed by atoms with E-state index in [2.05, 4.69) is 48.5 Å². The predicted octanol–water partition coefficient (Wildman–Crippen LogP) is 8.73. The molecule has 6 atom stereocenters. The second-order valence-electron chi connectivity index (χ2n) is 12.8. The Labute approximate surface area is 343 Å². The quantitative estimate of drug-likeness (QED) is 0.0748. The molecule has 0 aliphatic heterocycles. The summed E-state index contributed by atoms with van der Waals surface area (Å²) in [5, 5.41) is 26.5. The van der Waals surface area contributed by atoms with E-state index in [0.29, 0.717) is 13.2 Å². The third kappa shape index (κ3) is 12.3. The third-order valence-corrected chi connectivity index (χ3v) is 15.7. The maximum absolute atomic E-state index is 10.9. The molecule has 6 rings (SSSR count). The molecule has 0 aliphatic rings. The topological polar surface area (TPSA) is 107 Å². The minimum Gasteiger partial charge on any atom is -0.667 e. The zero-order chi connectivity index (χ0) is 38.1. The summed E-state index contributed by atoms with van der Waals surface area (Å²) in [4.78, 5) is 0. The van der Waals surface area contributed by atoms with Gasteiger partial charge in [0.2, 0.25) is 0 Å². The first-order valence-corrected chi connectivity index (χ1v) is 21.7. The van der Waals surface area contributed by atoms with Gasteiger partial charge in [-0.15, -0.1) is 0 Å².